The SMILES string of the molecule is O=C(Nc1ccc(Oc2cc(Oc3ccc(NC(=O)OCC4c5ccccc5-c5ccccc54)cc3)cc(C(=O)O)c2)cc1)OCC1c2ccccc2-c2ccccc21. The predicted octanol–water partition coefficient (Wildman–Crippen LogP) is 11.7. The molecule has 10 nitrogen and oxygen atoms in total. The Kier molecular flexibility index (Phi) is 9.94. The Morgan fingerprint density at radius 2 is 0.780 bits per heavy atom. The van der Waals surface area contributed by atoms with Gasteiger partial charge in [0.05, 0.1) is 5.56 Å². The third kappa shape index (κ3) is 7.79. The van der Waals surface area contributed by atoms with Gasteiger partial charge in [-0.1, -0.05) is 97.1 Å². The minimum absolute atomic E-state index is 0.0421. The normalized spacial score (nSPS) is 12.3. The van der Waals surface area contributed by atoms with Crippen molar-refractivity contribution in [3.8, 4) is 45.3 Å². The lowest BCUT2D eigenvalue weighted by molar-refractivity contribution is 0.0696. The number of benzene rings is 7. The highest BCUT2D eigenvalue weighted by atomic mass is 16.6. The highest BCUT2D eigenvalue weighted by Gasteiger charge is 2.30. The molecule has 0 saturated carbocycles. The van der Waals surface area contributed by atoms with E-state index in [1.807, 2.05) is 48.5 Å². The summed E-state index contributed by atoms with van der Waals surface area (Å²) in [7, 11) is 0. The molecule has 0 bridgehead atoms. The van der Waals surface area contributed by atoms with E-state index in [-0.39, 0.29) is 42.1 Å². The summed E-state index contributed by atoms with van der Waals surface area (Å²) in [4.78, 5) is 37.6. The molecular formula is C49H36N2O8. The van der Waals surface area contributed by atoms with Crippen LogP contribution in [0.3, 0.4) is 0 Å². The lowest BCUT2D eigenvalue weighted by Gasteiger charge is -2.15. The highest BCUT2D eigenvalue weighted by molar-refractivity contribution is 5.89. The maximum Gasteiger partial charge on any atom is 0.411 e. The first-order valence-corrected chi connectivity index (χ1v) is 19.0. The number of aromatic carboxylic acids is 1. The molecule has 10 heteroatoms. The Morgan fingerprint density at radius 3 is 1.12 bits per heavy atom. The molecule has 2 aliphatic carbocycles. The van der Waals surface area contributed by atoms with Gasteiger partial charge in [-0.05, 0) is 105 Å². The Balaban J connectivity index is 0.790. The van der Waals surface area contributed by atoms with Crippen molar-refractivity contribution < 1.29 is 38.4 Å². The molecule has 0 radical (unpaired) electrons. The number of hydrogen-bond acceptors (Lipinski definition) is 7. The number of anilines is 2. The molecule has 0 fully saturated rings. The van der Waals surface area contributed by atoms with E-state index in [9.17, 15) is 19.5 Å². The number of nitrogens with one attached hydrogen (secondary N) is 2. The van der Waals surface area contributed by atoms with Crippen LogP contribution in [0.2, 0.25) is 0 Å². The van der Waals surface area contributed by atoms with E-state index in [2.05, 4.69) is 59.2 Å². The number of fused-ring (bicyclic) bond motifs is 6. The van der Waals surface area contributed by atoms with Crippen molar-refractivity contribution in [1.29, 1.82) is 0 Å². The fraction of sp³-hybridized carbons (Fsp3) is 0.0816. The summed E-state index contributed by atoms with van der Waals surface area (Å²) in [6.07, 6.45) is -1.17. The van der Waals surface area contributed by atoms with Crippen LogP contribution in [0.25, 0.3) is 22.3 Å². The molecule has 2 amide bonds. The predicted molar refractivity (Wildman–Crippen MR) is 224 cm³/mol. The van der Waals surface area contributed by atoms with Crippen LogP contribution in [0.1, 0.15) is 44.4 Å². The van der Waals surface area contributed by atoms with Crippen molar-refractivity contribution in [3.63, 3.8) is 0 Å². The largest absolute Gasteiger partial charge is 0.478 e. The quantitative estimate of drug-likeness (QED) is 0.118. The zero-order chi connectivity index (χ0) is 40.3. The van der Waals surface area contributed by atoms with Gasteiger partial charge >= 0.3 is 18.2 Å². The first-order chi connectivity index (χ1) is 28.9. The molecule has 0 saturated heterocycles. The minimum Gasteiger partial charge on any atom is -0.478 e. The molecule has 59 heavy (non-hydrogen) atoms. The maximum absolute atomic E-state index is 12.8. The number of rotatable bonds is 11. The van der Waals surface area contributed by atoms with E-state index in [4.69, 9.17) is 18.9 Å². The zero-order valence-electron chi connectivity index (χ0n) is 31.5. The second-order valence-electron chi connectivity index (χ2n) is 14.2. The summed E-state index contributed by atoms with van der Waals surface area (Å²) in [5.74, 6) is -0.0163. The Hall–Kier alpha value is -7.85. The lowest BCUT2D eigenvalue weighted by Crippen LogP contribution is -2.17. The number of carboxylic acid groups (broad SMARTS) is 1. The van der Waals surface area contributed by atoms with Crippen molar-refractivity contribution in [3.05, 3.63) is 192 Å². The van der Waals surface area contributed by atoms with Crippen LogP contribution < -0.4 is 20.1 Å². The van der Waals surface area contributed by atoms with Gasteiger partial charge in [0.25, 0.3) is 0 Å². The molecule has 0 atom stereocenters. The van der Waals surface area contributed by atoms with Crippen molar-refractivity contribution in [2.75, 3.05) is 23.8 Å². The molecule has 0 unspecified atom stereocenters. The van der Waals surface area contributed by atoms with Crippen LogP contribution in [-0.4, -0.2) is 36.5 Å². The topological polar surface area (TPSA) is 132 Å². The molecule has 7 aromatic rings. The van der Waals surface area contributed by atoms with E-state index in [1.54, 1.807) is 54.6 Å². The number of carboxylic acids is 1. The molecule has 7 aromatic carbocycles. The molecule has 0 aliphatic heterocycles. The van der Waals surface area contributed by atoms with Gasteiger partial charge < -0.3 is 24.1 Å². The van der Waals surface area contributed by atoms with E-state index in [0.717, 1.165) is 44.5 Å². The molecule has 9 rings (SSSR count). The number of ether oxygens (including phenoxy) is 4. The van der Waals surface area contributed by atoms with Crippen LogP contribution in [0.15, 0.2) is 164 Å². The number of carbonyl (C=O) groups is 3. The van der Waals surface area contributed by atoms with Crippen LogP contribution in [0.5, 0.6) is 23.0 Å². The van der Waals surface area contributed by atoms with Crippen LogP contribution in [0.4, 0.5) is 21.0 Å². The van der Waals surface area contributed by atoms with Crippen molar-refractivity contribution >= 4 is 29.5 Å². The van der Waals surface area contributed by atoms with Crippen LogP contribution >= 0.6 is 0 Å². The standard InChI is InChI=1S/C49H36N2O8/c52-47(53)30-25-35(58-33-21-17-31(18-22-33)50-48(54)56-28-45-41-13-5-1-9-37(41)38-10-2-6-14-42(38)45)27-36(26-30)59-34-23-19-32(20-24-34)51-49(55)57-29-46-43-15-7-3-11-39(43)40-12-4-8-16-44(40)46/h1-27,45-46H,28-29H2,(H,50,54)(H,51,55)(H,52,53). The van der Waals surface area contributed by atoms with Gasteiger partial charge in [-0.15, -0.1) is 0 Å². The highest BCUT2D eigenvalue weighted by Crippen LogP contribution is 2.46. The molecule has 290 valence electrons. The van der Waals surface area contributed by atoms with E-state index < -0.39 is 18.2 Å². The Labute approximate surface area is 339 Å². The third-order valence-corrected chi connectivity index (χ3v) is 10.5. The van der Waals surface area contributed by atoms with Gasteiger partial charge in [0, 0.05) is 29.3 Å². The van der Waals surface area contributed by atoms with E-state index >= 15 is 0 Å². The molecule has 0 aromatic heterocycles. The van der Waals surface area contributed by atoms with Gasteiger partial charge in [0.1, 0.15) is 36.2 Å². The van der Waals surface area contributed by atoms with Crippen LogP contribution in [0, 0.1) is 0 Å². The fourth-order valence-electron chi connectivity index (χ4n) is 7.80. The molecule has 0 spiro atoms. The number of amides is 2. The second kappa shape index (κ2) is 16.0. The van der Waals surface area contributed by atoms with Crippen LogP contribution in [-0.2, 0) is 9.47 Å². The van der Waals surface area contributed by atoms with Gasteiger partial charge in [-0.25, -0.2) is 14.4 Å². The van der Waals surface area contributed by atoms with Gasteiger partial charge in [-0.3, -0.25) is 10.6 Å². The zero-order valence-corrected chi connectivity index (χ0v) is 31.5. The average Bonchev–Trinajstić information content (AvgIpc) is 3.75. The smallest absolute Gasteiger partial charge is 0.411 e. The second-order valence-corrected chi connectivity index (χ2v) is 14.2. The van der Waals surface area contributed by atoms with E-state index in [1.165, 1.54) is 12.1 Å². The lowest BCUT2D eigenvalue weighted by atomic mass is 9.98. The van der Waals surface area contributed by atoms with Gasteiger partial charge in [0.15, 0.2) is 0 Å². The Bertz CT molecular complexity index is 2440. The summed E-state index contributed by atoms with van der Waals surface area (Å²) in [5, 5.41) is 15.3. The van der Waals surface area contributed by atoms with Gasteiger partial charge in [0.2, 0.25) is 0 Å². The van der Waals surface area contributed by atoms with Crippen molar-refractivity contribution in [2.45, 2.75) is 11.8 Å². The van der Waals surface area contributed by atoms with E-state index in [0.29, 0.717) is 22.9 Å². The van der Waals surface area contributed by atoms with Gasteiger partial charge in [-0.2, -0.15) is 0 Å². The monoisotopic (exact) mass is 780 g/mol. The summed E-state index contributed by atoms with van der Waals surface area (Å²) in [6.45, 7) is 0.376. The third-order valence-electron chi connectivity index (χ3n) is 10.5. The molecule has 3 N–H and O–H groups in total. The molecule has 2 aliphatic rings. The number of hydrogen-bond donors (Lipinski definition) is 3. The summed E-state index contributed by atoms with van der Waals surface area (Å²) in [5.41, 5.74) is 10.1. The molecular weight excluding hydrogens is 745 g/mol. The van der Waals surface area contributed by atoms with Crippen molar-refractivity contribution in [2.24, 2.45) is 0 Å². The first-order valence-electron chi connectivity index (χ1n) is 19.0. The summed E-state index contributed by atoms with van der Waals surface area (Å²) in [6, 6.07) is 50.1. The molecule has 0 heterocycles. The van der Waals surface area contributed by atoms with Crippen molar-refractivity contribution in [1.82, 2.24) is 0 Å². The maximum atomic E-state index is 12.8. The number of carbonyl (C=O) groups excluding carboxylic acids is 2. The average molecular weight is 781 g/mol. The summed E-state index contributed by atoms with van der Waals surface area (Å²) < 4.78 is 23.3. The minimum atomic E-state index is -1.16. The Morgan fingerprint density at radius 1 is 0.441 bits per heavy atom. The fourth-order valence-corrected chi connectivity index (χ4v) is 7.80. The first kappa shape index (κ1) is 36.8. The summed E-state index contributed by atoms with van der Waals surface area (Å²) >= 11 is 0.